The third-order valence-electron chi connectivity index (χ3n) is 1.84. The van der Waals surface area contributed by atoms with E-state index in [1.54, 1.807) is 0 Å². The Labute approximate surface area is 83.3 Å². The highest BCUT2D eigenvalue weighted by Crippen LogP contribution is 2.23. The van der Waals surface area contributed by atoms with Crippen LogP contribution in [0.5, 0.6) is 0 Å². The first-order chi connectivity index (χ1) is 6.93. The van der Waals surface area contributed by atoms with Gasteiger partial charge in [0.05, 0.1) is 6.42 Å². The van der Waals surface area contributed by atoms with Gasteiger partial charge in [0.25, 0.3) is 0 Å². The fourth-order valence-corrected chi connectivity index (χ4v) is 1.17. The number of carboxylic acid groups (broad SMARTS) is 1. The smallest absolute Gasteiger partial charge is 0.305 e. The van der Waals surface area contributed by atoms with Gasteiger partial charge in [-0.15, -0.1) is 0 Å². The Morgan fingerprint density at radius 2 is 1.87 bits per heavy atom. The van der Waals surface area contributed by atoms with Gasteiger partial charge in [0, 0.05) is 11.6 Å². The molecule has 0 bridgehead atoms. The lowest BCUT2D eigenvalue weighted by molar-refractivity contribution is -0.137. The molecule has 0 amide bonds. The minimum atomic E-state index is -1.44. The van der Waals surface area contributed by atoms with E-state index in [-0.39, 0.29) is 0 Å². The van der Waals surface area contributed by atoms with E-state index >= 15 is 0 Å². The Kier molecular flexibility index (Phi) is 3.31. The van der Waals surface area contributed by atoms with Crippen LogP contribution in [0.25, 0.3) is 0 Å². The molecule has 0 aliphatic rings. The van der Waals surface area contributed by atoms with Crippen molar-refractivity contribution in [3.05, 3.63) is 35.1 Å². The number of benzene rings is 1. The van der Waals surface area contributed by atoms with E-state index in [9.17, 15) is 18.0 Å². The van der Waals surface area contributed by atoms with Crippen LogP contribution in [0.15, 0.2) is 12.1 Å². The van der Waals surface area contributed by atoms with Crippen molar-refractivity contribution in [2.24, 2.45) is 5.73 Å². The number of hydrogen-bond donors (Lipinski definition) is 2. The van der Waals surface area contributed by atoms with Gasteiger partial charge in [-0.2, -0.15) is 0 Å². The van der Waals surface area contributed by atoms with Crippen LogP contribution in [0, 0.1) is 17.5 Å². The van der Waals surface area contributed by atoms with Crippen LogP contribution in [0.1, 0.15) is 18.0 Å². The van der Waals surface area contributed by atoms with Gasteiger partial charge in [-0.25, -0.2) is 13.2 Å². The van der Waals surface area contributed by atoms with Gasteiger partial charge in [-0.3, -0.25) is 4.79 Å². The summed E-state index contributed by atoms with van der Waals surface area (Å²) < 4.78 is 38.8. The van der Waals surface area contributed by atoms with Crippen LogP contribution in [0.2, 0.25) is 0 Å². The first-order valence-electron chi connectivity index (χ1n) is 4.04. The Morgan fingerprint density at radius 1 is 1.33 bits per heavy atom. The van der Waals surface area contributed by atoms with E-state index in [1.807, 2.05) is 0 Å². The van der Waals surface area contributed by atoms with Crippen LogP contribution in [0.3, 0.4) is 0 Å². The molecule has 0 aromatic heterocycles. The summed E-state index contributed by atoms with van der Waals surface area (Å²) in [7, 11) is 0. The quantitative estimate of drug-likeness (QED) is 0.758. The summed E-state index contributed by atoms with van der Waals surface area (Å²) in [6.45, 7) is 0. The third kappa shape index (κ3) is 2.47. The molecule has 1 atom stereocenters. The Balaban J connectivity index is 3.12. The van der Waals surface area contributed by atoms with Crippen molar-refractivity contribution in [1.82, 2.24) is 0 Å². The van der Waals surface area contributed by atoms with Gasteiger partial charge in [0.1, 0.15) is 5.82 Å². The number of carboxylic acids is 1. The van der Waals surface area contributed by atoms with Gasteiger partial charge in [0.15, 0.2) is 11.6 Å². The van der Waals surface area contributed by atoms with E-state index in [4.69, 9.17) is 10.8 Å². The Bertz CT molecular complexity index is 395. The number of halogens is 3. The Hall–Kier alpha value is -1.56. The predicted octanol–water partition coefficient (Wildman–Crippen LogP) is 1.58. The van der Waals surface area contributed by atoms with Crippen molar-refractivity contribution in [2.45, 2.75) is 12.5 Å². The molecule has 1 unspecified atom stereocenters. The lowest BCUT2D eigenvalue weighted by Gasteiger charge is -2.11. The molecule has 0 aliphatic carbocycles. The van der Waals surface area contributed by atoms with Gasteiger partial charge in [-0.1, -0.05) is 0 Å². The maximum atomic E-state index is 13.1. The van der Waals surface area contributed by atoms with Crippen LogP contribution in [0.4, 0.5) is 13.2 Å². The van der Waals surface area contributed by atoms with Gasteiger partial charge < -0.3 is 10.8 Å². The predicted molar refractivity (Wildman–Crippen MR) is 45.5 cm³/mol. The summed E-state index contributed by atoms with van der Waals surface area (Å²) in [6.07, 6.45) is -0.669. The highest BCUT2D eigenvalue weighted by molar-refractivity contribution is 5.67. The highest BCUT2D eigenvalue weighted by Gasteiger charge is 2.21. The summed E-state index contributed by atoms with van der Waals surface area (Å²) >= 11 is 0. The molecule has 6 heteroatoms. The summed E-state index contributed by atoms with van der Waals surface area (Å²) in [5, 5.41) is 8.38. The molecule has 0 aliphatic heterocycles. The fraction of sp³-hybridized carbons (Fsp3) is 0.222. The molecule has 1 aromatic carbocycles. The van der Waals surface area contributed by atoms with Crippen molar-refractivity contribution in [3.8, 4) is 0 Å². The summed E-state index contributed by atoms with van der Waals surface area (Å²) in [6, 6.07) is -0.0879. The molecule has 1 rings (SSSR count). The number of nitrogens with two attached hydrogens (primary N) is 1. The van der Waals surface area contributed by atoms with Crippen LogP contribution in [-0.4, -0.2) is 11.1 Å². The molecule has 0 saturated carbocycles. The monoisotopic (exact) mass is 219 g/mol. The molecular formula is C9H8F3NO2. The third-order valence-corrected chi connectivity index (χ3v) is 1.84. The number of rotatable bonds is 3. The lowest BCUT2D eigenvalue weighted by Crippen LogP contribution is -2.18. The SMILES string of the molecule is NC(CC(=O)O)c1c(F)ccc(F)c1F. The Morgan fingerprint density at radius 3 is 2.40 bits per heavy atom. The van der Waals surface area contributed by atoms with Crippen molar-refractivity contribution in [2.75, 3.05) is 0 Å². The molecule has 0 radical (unpaired) electrons. The highest BCUT2D eigenvalue weighted by atomic mass is 19.2. The molecule has 82 valence electrons. The van der Waals surface area contributed by atoms with Gasteiger partial charge in [0.2, 0.25) is 0 Å². The molecule has 0 saturated heterocycles. The first kappa shape index (κ1) is 11.5. The van der Waals surface area contributed by atoms with E-state index in [1.165, 1.54) is 0 Å². The van der Waals surface area contributed by atoms with Crippen LogP contribution in [-0.2, 0) is 4.79 Å². The second-order valence-electron chi connectivity index (χ2n) is 2.96. The van der Waals surface area contributed by atoms with Gasteiger partial charge in [-0.05, 0) is 12.1 Å². The zero-order chi connectivity index (χ0) is 11.6. The number of carbonyl (C=O) groups is 1. The molecule has 1 aromatic rings. The van der Waals surface area contributed by atoms with Gasteiger partial charge >= 0.3 is 5.97 Å². The molecule has 0 spiro atoms. The zero-order valence-electron chi connectivity index (χ0n) is 7.51. The average Bonchev–Trinajstić information content (AvgIpc) is 2.11. The standard InChI is InChI=1S/C9H8F3NO2/c10-4-1-2-5(11)9(12)8(4)6(13)3-7(14)15/h1-2,6H,3,13H2,(H,14,15). The maximum Gasteiger partial charge on any atom is 0.305 e. The fourth-order valence-electron chi connectivity index (χ4n) is 1.17. The van der Waals surface area contributed by atoms with Crippen molar-refractivity contribution in [1.29, 1.82) is 0 Å². The molecule has 15 heavy (non-hydrogen) atoms. The average molecular weight is 219 g/mol. The van der Waals surface area contributed by atoms with E-state index in [2.05, 4.69) is 0 Å². The summed E-state index contributed by atoms with van der Waals surface area (Å²) in [5.74, 6) is -5.07. The second kappa shape index (κ2) is 4.31. The molecule has 3 nitrogen and oxygen atoms in total. The van der Waals surface area contributed by atoms with E-state index in [0.29, 0.717) is 12.1 Å². The minimum Gasteiger partial charge on any atom is -0.481 e. The molecule has 0 heterocycles. The van der Waals surface area contributed by atoms with Crippen LogP contribution >= 0.6 is 0 Å². The van der Waals surface area contributed by atoms with E-state index < -0.39 is 41.4 Å². The summed E-state index contributed by atoms with van der Waals surface area (Å²) in [4.78, 5) is 10.3. The number of aliphatic carboxylic acids is 1. The maximum absolute atomic E-state index is 13.1. The van der Waals surface area contributed by atoms with Crippen LogP contribution < -0.4 is 5.73 Å². The summed E-state index contributed by atoms with van der Waals surface area (Å²) in [5.41, 5.74) is 4.50. The zero-order valence-corrected chi connectivity index (χ0v) is 7.51. The topological polar surface area (TPSA) is 63.3 Å². The minimum absolute atomic E-state index is 0.613. The first-order valence-corrected chi connectivity index (χ1v) is 4.04. The molecular weight excluding hydrogens is 211 g/mol. The normalized spacial score (nSPS) is 12.5. The number of hydrogen-bond acceptors (Lipinski definition) is 2. The van der Waals surface area contributed by atoms with E-state index in [0.717, 1.165) is 0 Å². The second-order valence-corrected chi connectivity index (χ2v) is 2.96. The molecule has 0 fully saturated rings. The lowest BCUT2D eigenvalue weighted by atomic mass is 10.0. The largest absolute Gasteiger partial charge is 0.481 e. The van der Waals surface area contributed by atoms with Crippen molar-refractivity contribution in [3.63, 3.8) is 0 Å². The van der Waals surface area contributed by atoms with Crippen molar-refractivity contribution < 1.29 is 23.1 Å². The van der Waals surface area contributed by atoms with Crippen molar-refractivity contribution >= 4 is 5.97 Å². The molecule has 3 N–H and O–H groups in total.